The Labute approximate surface area is 61.9 Å². The predicted molar refractivity (Wildman–Crippen MR) is 44.7 cm³/mol. The fourth-order valence-corrected chi connectivity index (χ4v) is 0.905. The Balaban J connectivity index is 2.75. The molecule has 0 saturated carbocycles. The van der Waals surface area contributed by atoms with E-state index in [9.17, 15) is 0 Å². The van der Waals surface area contributed by atoms with Gasteiger partial charge < -0.3 is 5.73 Å². The van der Waals surface area contributed by atoms with E-state index < -0.39 is 0 Å². The molecule has 0 atom stereocenters. The van der Waals surface area contributed by atoms with E-state index in [1.54, 1.807) is 0 Å². The summed E-state index contributed by atoms with van der Waals surface area (Å²) in [4.78, 5) is 0. The van der Waals surface area contributed by atoms with Crippen molar-refractivity contribution in [2.45, 2.75) is 13.3 Å². The molecule has 0 saturated heterocycles. The molecule has 0 radical (unpaired) electrons. The maximum absolute atomic E-state index is 5.47. The van der Waals surface area contributed by atoms with Gasteiger partial charge in [0.2, 0.25) is 0 Å². The number of allylic oxidation sites excluding steroid dienone is 4. The summed E-state index contributed by atoms with van der Waals surface area (Å²) in [5.41, 5.74) is 8.06. The molecular weight excluding hydrogens is 122 g/mol. The van der Waals surface area contributed by atoms with Gasteiger partial charge in [0.05, 0.1) is 0 Å². The molecule has 0 aliphatic heterocycles. The standard InChI is InChI=1S/C9H13N/c1-8-3-2-4-9(7-10)6-5-8/h2,4-6H,3,7,10H2,1H3. The van der Waals surface area contributed by atoms with E-state index in [0.29, 0.717) is 6.54 Å². The van der Waals surface area contributed by atoms with Crippen molar-refractivity contribution in [3.8, 4) is 0 Å². The summed E-state index contributed by atoms with van der Waals surface area (Å²) in [6.45, 7) is 2.76. The largest absolute Gasteiger partial charge is 0.326 e. The van der Waals surface area contributed by atoms with E-state index in [1.165, 1.54) is 11.1 Å². The predicted octanol–water partition coefficient (Wildman–Crippen LogP) is 1.78. The monoisotopic (exact) mass is 135 g/mol. The third kappa shape index (κ3) is 1.85. The SMILES string of the molecule is CC1=CC=C(CN)C=CC1. The first kappa shape index (κ1) is 7.29. The molecule has 1 aliphatic rings. The second-order valence-electron chi connectivity index (χ2n) is 2.57. The third-order valence-corrected chi connectivity index (χ3v) is 1.59. The van der Waals surface area contributed by atoms with Crippen LogP contribution < -0.4 is 5.73 Å². The highest BCUT2D eigenvalue weighted by Crippen LogP contribution is 2.08. The molecular formula is C9H13N. The molecule has 0 unspecified atom stereocenters. The van der Waals surface area contributed by atoms with Gasteiger partial charge in [-0.15, -0.1) is 0 Å². The van der Waals surface area contributed by atoms with Crippen molar-refractivity contribution >= 4 is 0 Å². The van der Waals surface area contributed by atoms with Crippen LogP contribution in [0.1, 0.15) is 13.3 Å². The van der Waals surface area contributed by atoms with E-state index in [1.807, 2.05) is 0 Å². The van der Waals surface area contributed by atoms with Gasteiger partial charge in [-0.2, -0.15) is 0 Å². The van der Waals surface area contributed by atoms with Gasteiger partial charge in [0.15, 0.2) is 0 Å². The Kier molecular flexibility index (Phi) is 2.46. The maximum atomic E-state index is 5.47. The van der Waals surface area contributed by atoms with Crippen molar-refractivity contribution in [1.29, 1.82) is 0 Å². The summed E-state index contributed by atoms with van der Waals surface area (Å²) in [6, 6.07) is 0. The topological polar surface area (TPSA) is 26.0 Å². The lowest BCUT2D eigenvalue weighted by atomic mass is 10.2. The van der Waals surface area contributed by atoms with Crippen molar-refractivity contribution in [2.75, 3.05) is 6.54 Å². The Bertz CT molecular complexity index is 197. The van der Waals surface area contributed by atoms with Gasteiger partial charge >= 0.3 is 0 Å². The van der Waals surface area contributed by atoms with Crippen molar-refractivity contribution in [2.24, 2.45) is 5.73 Å². The van der Waals surface area contributed by atoms with E-state index in [4.69, 9.17) is 5.73 Å². The number of hydrogen-bond acceptors (Lipinski definition) is 1. The Morgan fingerprint density at radius 1 is 1.50 bits per heavy atom. The van der Waals surface area contributed by atoms with E-state index >= 15 is 0 Å². The van der Waals surface area contributed by atoms with E-state index in [2.05, 4.69) is 31.2 Å². The van der Waals surface area contributed by atoms with Crippen LogP contribution in [-0.4, -0.2) is 6.54 Å². The summed E-state index contributed by atoms with van der Waals surface area (Å²) >= 11 is 0. The zero-order valence-electron chi connectivity index (χ0n) is 6.30. The second-order valence-corrected chi connectivity index (χ2v) is 2.57. The maximum Gasteiger partial charge on any atom is 0.0177 e. The molecule has 54 valence electrons. The smallest absolute Gasteiger partial charge is 0.0177 e. The molecule has 10 heavy (non-hydrogen) atoms. The highest BCUT2D eigenvalue weighted by atomic mass is 14.5. The lowest BCUT2D eigenvalue weighted by Crippen LogP contribution is -1.99. The van der Waals surface area contributed by atoms with Crippen LogP contribution in [0, 0.1) is 0 Å². The molecule has 1 aliphatic carbocycles. The van der Waals surface area contributed by atoms with Crippen LogP contribution in [0.25, 0.3) is 0 Å². The highest BCUT2D eigenvalue weighted by molar-refractivity contribution is 5.30. The summed E-state index contributed by atoms with van der Waals surface area (Å²) < 4.78 is 0. The first-order valence-electron chi connectivity index (χ1n) is 3.56. The first-order chi connectivity index (χ1) is 4.83. The Morgan fingerprint density at radius 3 is 3.00 bits per heavy atom. The summed E-state index contributed by atoms with van der Waals surface area (Å²) in [6.07, 6.45) is 9.51. The van der Waals surface area contributed by atoms with E-state index in [-0.39, 0.29) is 0 Å². The first-order valence-corrected chi connectivity index (χ1v) is 3.56. The molecule has 0 spiro atoms. The highest BCUT2D eigenvalue weighted by Gasteiger charge is 1.91. The van der Waals surface area contributed by atoms with Crippen LogP contribution in [-0.2, 0) is 0 Å². The van der Waals surface area contributed by atoms with Gasteiger partial charge in [-0.3, -0.25) is 0 Å². The van der Waals surface area contributed by atoms with Crippen LogP contribution in [0.5, 0.6) is 0 Å². The third-order valence-electron chi connectivity index (χ3n) is 1.59. The molecule has 0 fully saturated rings. The Hall–Kier alpha value is -0.820. The average molecular weight is 135 g/mol. The van der Waals surface area contributed by atoms with Crippen molar-refractivity contribution in [1.82, 2.24) is 0 Å². The fraction of sp³-hybridized carbons (Fsp3) is 0.333. The van der Waals surface area contributed by atoms with Crippen LogP contribution >= 0.6 is 0 Å². The lowest BCUT2D eigenvalue weighted by Gasteiger charge is -1.90. The minimum absolute atomic E-state index is 0.639. The second kappa shape index (κ2) is 3.37. The minimum atomic E-state index is 0.639. The van der Waals surface area contributed by atoms with Gasteiger partial charge in [0.25, 0.3) is 0 Å². The minimum Gasteiger partial charge on any atom is -0.326 e. The number of rotatable bonds is 1. The van der Waals surface area contributed by atoms with Gasteiger partial charge in [-0.05, 0) is 18.9 Å². The summed E-state index contributed by atoms with van der Waals surface area (Å²) in [5.74, 6) is 0. The molecule has 2 N–H and O–H groups in total. The summed E-state index contributed by atoms with van der Waals surface area (Å²) in [7, 11) is 0. The summed E-state index contributed by atoms with van der Waals surface area (Å²) in [5, 5.41) is 0. The van der Waals surface area contributed by atoms with Crippen LogP contribution in [0.2, 0.25) is 0 Å². The molecule has 0 aromatic rings. The number of hydrogen-bond donors (Lipinski definition) is 1. The van der Waals surface area contributed by atoms with Crippen molar-refractivity contribution < 1.29 is 0 Å². The fourth-order valence-electron chi connectivity index (χ4n) is 0.905. The number of nitrogens with two attached hydrogens (primary N) is 1. The quantitative estimate of drug-likeness (QED) is 0.582. The van der Waals surface area contributed by atoms with Crippen molar-refractivity contribution in [3.05, 3.63) is 35.5 Å². The zero-order valence-corrected chi connectivity index (χ0v) is 6.30. The molecule has 0 bridgehead atoms. The normalized spacial score (nSPS) is 17.8. The molecule has 1 heteroatoms. The van der Waals surface area contributed by atoms with Crippen LogP contribution in [0.3, 0.4) is 0 Å². The average Bonchev–Trinajstić information content (AvgIpc) is 2.14. The zero-order chi connectivity index (χ0) is 7.40. The molecule has 0 heterocycles. The van der Waals surface area contributed by atoms with E-state index in [0.717, 1.165) is 6.42 Å². The van der Waals surface area contributed by atoms with Crippen molar-refractivity contribution in [3.63, 3.8) is 0 Å². The van der Waals surface area contributed by atoms with Crippen LogP contribution in [0.4, 0.5) is 0 Å². The lowest BCUT2D eigenvalue weighted by molar-refractivity contribution is 1.18. The van der Waals surface area contributed by atoms with Gasteiger partial charge in [0, 0.05) is 6.54 Å². The molecule has 1 rings (SSSR count). The molecule has 0 amide bonds. The van der Waals surface area contributed by atoms with Gasteiger partial charge in [-0.25, -0.2) is 0 Å². The molecule has 1 nitrogen and oxygen atoms in total. The molecule has 0 aromatic heterocycles. The van der Waals surface area contributed by atoms with Gasteiger partial charge in [-0.1, -0.05) is 29.9 Å². The molecule has 0 aromatic carbocycles. The van der Waals surface area contributed by atoms with Crippen LogP contribution in [0.15, 0.2) is 35.5 Å². The van der Waals surface area contributed by atoms with Gasteiger partial charge in [0.1, 0.15) is 0 Å². The Morgan fingerprint density at radius 2 is 2.30 bits per heavy atom.